The number of nitro benzene ring substituents is 1. The molecule has 0 aromatic heterocycles. The van der Waals surface area contributed by atoms with Crippen LogP contribution < -0.4 is 15.0 Å². The van der Waals surface area contributed by atoms with Crippen molar-refractivity contribution in [3.05, 3.63) is 103 Å². The second kappa shape index (κ2) is 10.2. The number of hydrogen-bond acceptors (Lipinski definition) is 6. The van der Waals surface area contributed by atoms with Crippen LogP contribution in [0, 0.1) is 17.0 Å². The molecule has 1 fully saturated rings. The maximum absolute atomic E-state index is 13.3. The largest absolute Gasteiger partial charge is 0.488 e. The number of ether oxygens (including phenoxy) is 1. The van der Waals surface area contributed by atoms with Crippen LogP contribution >= 0.6 is 23.2 Å². The number of halogens is 2. The Labute approximate surface area is 215 Å². The first-order valence-corrected chi connectivity index (χ1v) is 11.2. The molecule has 9 nitrogen and oxygen atoms in total. The lowest BCUT2D eigenvalue weighted by atomic mass is 10.0. The molecule has 182 valence electrons. The average molecular weight is 526 g/mol. The van der Waals surface area contributed by atoms with Crippen LogP contribution in [0.2, 0.25) is 10.0 Å². The Morgan fingerprint density at radius 1 is 1.06 bits per heavy atom. The predicted molar refractivity (Wildman–Crippen MR) is 134 cm³/mol. The van der Waals surface area contributed by atoms with Gasteiger partial charge in [0.25, 0.3) is 17.5 Å². The summed E-state index contributed by atoms with van der Waals surface area (Å²) >= 11 is 12.3. The Kier molecular flexibility index (Phi) is 7.05. The van der Waals surface area contributed by atoms with Crippen molar-refractivity contribution in [3.8, 4) is 5.75 Å². The smallest absolute Gasteiger partial charge is 0.335 e. The highest BCUT2D eigenvalue weighted by molar-refractivity contribution is 6.40. The highest BCUT2D eigenvalue weighted by Gasteiger charge is 2.37. The number of hydrogen-bond donors (Lipinski definition) is 1. The molecular weight excluding hydrogens is 509 g/mol. The molecular formula is C25H17Cl2N3O6. The van der Waals surface area contributed by atoms with Crippen molar-refractivity contribution in [1.82, 2.24) is 5.32 Å². The number of rotatable bonds is 6. The summed E-state index contributed by atoms with van der Waals surface area (Å²) in [6.07, 6.45) is 1.29. The molecule has 0 saturated carbocycles. The van der Waals surface area contributed by atoms with E-state index in [1.807, 2.05) is 0 Å². The van der Waals surface area contributed by atoms with Crippen LogP contribution in [-0.2, 0) is 16.2 Å². The number of carbonyl (C=O) groups is 3. The molecule has 1 aliphatic rings. The second-order valence-corrected chi connectivity index (χ2v) is 8.58. The summed E-state index contributed by atoms with van der Waals surface area (Å²) in [5, 5.41) is 13.7. The van der Waals surface area contributed by atoms with Crippen molar-refractivity contribution < 1.29 is 24.0 Å². The van der Waals surface area contributed by atoms with Crippen LogP contribution in [0.4, 0.5) is 16.2 Å². The minimum Gasteiger partial charge on any atom is -0.488 e. The van der Waals surface area contributed by atoms with Crippen molar-refractivity contribution in [1.29, 1.82) is 0 Å². The summed E-state index contributed by atoms with van der Waals surface area (Å²) in [5.41, 5.74) is 1.35. The molecule has 3 aromatic carbocycles. The molecule has 36 heavy (non-hydrogen) atoms. The predicted octanol–water partition coefficient (Wildman–Crippen LogP) is 5.46. The van der Waals surface area contributed by atoms with Gasteiger partial charge in [-0.25, -0.2) is 9.69 Å². The SMILES string of the molecule is Cc1c(Cl)cccc1N1C(=O)NC(=O)/C(=C\c2cc(Cl)ccc2OCc2ccc([N+](=O)[O-])cc2)C1=O. The standard InChI is InChI=1S/C25H17Cl2N3O6/c1-14-20(27)3-2-4-21(14)29-24(32)19(23(31)28-25(29)33)12-16-11-17(26)7-10-22(16)36-13-15-5-8-18(9-6-15)30(34)35/h2-12H,13H2,1H3,(H,28,31,33)/b19-12+. The van der Waals surface area contributed by atoms with Gasteiger partial charge < -0.3 is 4.74 Å². The Hall–Kier alpha value is -4.21. The topological polar surface area (TPSA) is 119 Å². The fourth-order valence-corrected chi connectivity index (χ4v) is 3.86. The van der Waals surface area contributed by atoms with E-state index in [1.165, 1.54) is 24.3 Å². The molecule has 0 atom stereocenters. The number of imide groups is 2. The van der Waals surface area contributed by atoms with Crippen molar-refractivity contribution in [3.63, 3.8) is 0 Å². The molecule has 11 heteroatoms. The summed E-state index contributed by atoms with van der Waals surface area (Å²) in [4.78, 5) is 49.6. The van der Waals surface area contributed by atoms with Gasteiger partial charge in [0, 0.05) is 27.7 Å². The summed E-state index contributed by atoms with van der Waals surface area (Å²) in [5.74, 6) is -1.41. The maximum Gasteiger partial charge on any atom is 0.335 e. The molecule has 1 heterocycles. The first-order chi connectivity index (χ1) is 17.2. The zero-order valence-corrected chi connectivity index (χ0v) is 20.2. The van der Waals surface area contributed by atoms with Crippen LogP contribution in [0.1, 0.15) is 16.7 Å². The summed E-state index contributed by atoms with van der Waals surface area (Å²) in [6.45, 7) is 1.71. The van der Waals surface area contributed by atoms with Crippen LogP contribution in [0.5, 0.6) is 5.75 Å². The van der Waals surface area contributed by atoms with Gasteiger partial charge in [-0.1, -0.05) is 29.3 Å². The number of non-ortho nitro benzene ring substituents is 1. The Balaban J connectivity index is 1.66. The van der Waals surface area contributed by atoms with Crippen LogP contribution in [-0.4, -0.2) is 22.8 Å². The Morgan fingerprint density at radius 2 is 1.78 bits per heavy atom. The lowest BCUT2D eigenvalue weighted by molar-refractivity contribution is -0.384. The van der Waals surface area contributed by atoms with Gasteiger partial charge in [0.2, 0.25) is 0 Å². The number of nitrogens with one attached hydrogen (secondary N) is 1. The Morgan fingerprint density at radius 3 is 2.47 bits per heavy atom. The van der Waals surface area contributed by atoms with Gasteiger partial charge in [-0.05, 0) is 66.6 Å². The molecule has 0 unspecified atom stereocenters. The first kappa shape index (κ1) is 24.9. The third kappa shape index (κ3) is 5.07. The van der Waals surface area contributed by atoms with Gasteiger partial charge in [0.15, 0.2) is 0 Å². The van der Waals surface area contributed by atoms with Gasteiger partial charge in [-0.2, -0.15) is 0 Å². The van der Waals surface area contributed by atoms with Gasteiger partial charge in [0.05, 0.1) is 10.6 Å². The van der Waals surface area contributed by atoms with E-state index in [1.54, 1.807) is 49.4 Å². The van der Waals surface area contributed by atoms with Gasteiger partial charge >= 0.3 is 6.03 Å². The highest BCUT2D eigenvalue weighted by Crippen LogP contribution is 2.31. The van der Waals surface area contributed by atoms with Crippen LogP contribution in [0.3, 0.4) is 0 Å². The number of urea groups is 1. The van der Waals surface area contributed by atoms with Gasteiger partial charge in [-0.3, -0.25) is 25.0 Å². The lowest BCUT2D eigenvalue weighted by Crippen LogP contribution is -2.54. The minimum atomic E-state index is -0.895. The molecule has 1 saturated heterocycles. The normalized spacial score (nSPS) is 14.7. The molecule has 0 bridgehead atoms. The number of benzene rings is 3. The number of nitrogens with zero attached hydrogens (tertiary/aromatic N) is 2. The molecule has 4 rings (SSSR count). The first-order valence-electron chi connectivity index (χ1n) is 10.5. The highest BCUT2D eigenvalue weighted by atomic mass is 35.5. The zero-order chi connectivity index (χ0) is 26.0. The minimum absolute atomic E-state index is 0.0495. The van der Waals surface area contributed by atoms with Crippen molar-refractivity contribution in [2.45, 2.75) is 13.5 Å². The van der Waals surface area contributed by atoms with Gasteiger partial charge in [0.1, 0.15) is 17.9 Å². The van der Waals surface area contributed by atoms with E-state index < -0.39 is 22.8 Å². The number of anilines is 1. The van der Waals surface area contributed by atoms with Crippen LogP contribution in [0.15, 0.2) is 66.2 Å². The number of barbiturate groups is 1. The van der Waals surface area contributed by atoms with E-state index in [0.717, 1.165) is 4.90 Å². The summed E-state index contributed by atoms with van der Waals surface area (Å²) in [6, 6.07) is 14.3. The van der Waals surface area contributed by atoms with Crippen molar-refractivity contribution in [2.24, 2.45) is 0 Å². The molecule has 0 spiro atoms. The molecule has 0 radical (unpaired) electrons. The third-order valence-electron chi connectivity index (χ3n) is 5.39. The number of amides is 4. The zero-order valence-electron chi connectivity index (χ0n) is 18.7. The Bertz CT molecular complexity index is 1440. The van der Waals surface area contributed by atoms with E-state index in [4.69, 9.17) is 27.9 Å². The second-order valence-electron chi connectivity index (χ2n) is 7.74. The molecule has 1 aliphatic heterocycles. The quantitative estimate of drug-likeness (QED) is 0.197. The summed E-state index contributed by atoms with van der Waals surface area (Å²) < 4.78 is 5.84. The number of carbonyl (C=O) groups excluding carboxylic acids is 3. The molecule has 0 aliphatic carbocycles. The fourth-order valence-electron chi connectivity index (χ4n) is 3.51. The van der Waals surface area contributed by atoms with E-state index in [9.17, 15) is 24.5 Å². The average Bonchev–Trinajstić information content (AvgIpc) is 2.84. The lowest BCUT2D eigenvalue weighted by Gasteiger charge is -2.27. The monoisotopic (exact) mass is 525 g/mol. The van der Waals surface area contributed by atoms with Crippen LogP contribution in [0.25, 0.3) is 6.08 Å². The van der Waals surface area contributed by atoms with E-state index in [-0.39, 0.29) is 23.6 Å². The third-order valence-corrected chi connectivity index (χ3v) is 6.04. The molecule has 1 N–H and O–H groups in total. The van der Waals surface area contributed by atoms with E-state index in [2.05, 4.69) is 5.32 Å². The molecule has 4 amide bonds. The van der Waals surface area contributed by atoms with Crippen molar-refractivity contribution in [2.75, 3.05) is 4.90 Å². The van der Waals surface area contributed by atoms with Gasteiger partial charge in [-0.15, -0.1) is 0 Å². The number of nitro groups is 1. The van der Waals surface area contributed by atoms with E-state index >= 15 is 0 Å². The van der Waals surface area contributed by atoms with Crippen molar-refractivity contribution >= 4 is 58.5 Å². The fraction of sp³-hybridized carbons (Fsp3) is 0.0800. The van der Waals surface area contributed by atoms with E-state index in [0.29, 0.717) is 32.5 Å². The summed E-state index contributed by atoms with van der Waals surface area (Å²) in [7, 11) is 0. The maximum atomic E-state index is 13.3. The molecule has 3 aromatic rings.